The summed E-state index contributed by atoms with van der Waals surface area (Å²) in [6.45, 7) is 3.50. The molecule has 0 bridgehead atoms. The molecule has 1 N–H and O–H groups in total. The molecular formula is C10H18F2O5S. The van der Waals surface area contributed by atoms with Gasteiger partial charge in [0, 0.05) is 0 Å². The minimum absolute atomic E-state index is 0.0916. The molecule has 8 heteroatoms. The van der Waals surface area contributed by atoms with Gasteiger partial charge in [-0.3, -0.25) is 4.55 Å². The summed E-state index contributed by atoms with van der Waals surface area (Å²) >= 11 is 0. The highest BCUT2D eigenvalue weighted by Crippen LogP contribution is 2.23. The Bertz CT molecular complexity index is 366. The van der Waals surface area contributed by atoms with Crippen LogP contribution in [-0.2, 0) is 19.6 Å². The summed E-state index contributed by atoms with van der Waals surface area (Å²) in [6, 6.07) is 0. The first-order chi connectivity index (χ1) is 8.16. The van der Waals surface area contributed by atoms with Crippen molar-refractivity contribution in [2.45, 2.75) is 44.8 Å². The van der Waals surface area contributed by atoms with E-state index in [2.05, 4.69) is 4.74 Å². The van der Waals surface area contributed by atoms with Gasteiger partial charge in [0.25, 0.3) is 0 Å². The molecule has 0 saturated carbocycles. The van der Waals surface area contributed by atoms with E-state index in [0.29, 0.717) is 12.8 Å². The maximum absolute atomic E-state index is 12.8. The predicted octanol–water partition coefficient (Wildman–Crippen LogP) is 2.23. The molecule has 0 saturated heterocycles. The summed E-state index contributed by atoms with van der Waals surface area (Å²) < 4.78 is 58.7. The summed E-state index contributed by atoms with van der Waals surface area (Å²) in [7, 11) is -5.78. The standard InChI is InChI=1S/C10H18F2O5S/c1-3-5-6-8(4-2)7-17-9(13)10(11,12)18(14,15)16/h8H,3-7H2,1-2H3,(H,14,15,16). The number of carbonyl (C=O) groups is 1. The molecule has 0 aromatic heterocycles. The zero-order valence-corrected chi connectivity index (χ0v) is 11.2. The zero-order valence-electron chi connectivity index (χ0n) is 10.4. The summed E-state index contributed by atoms with van der Waals surface area (Å²) in [6.07, 6.45) is 3.12. The number of hydrogen-bond acceptors (Lipinski definition) is 4. The van der Waals surface area contributed by atoms with Crippen LogP contribution in [0.25, 0.3) is 0 Å². The number of esters is 1. The van der Waals surface area contributed by atoms with Crippen molar-refractivity contribution in [3.05, 3.63) is 0 Å². The Morgan fingerprint density at radius 1 is 1.39 bits per heavy atom. The Morgan fingerprint density at radius 2 is 1.94 bits per heavy atom. The third-order valence-corrected chi connectivity index (χ3v) is 3.37. The highest BCUT2D eigenvalue weighted by Gasteiger charge is 2.54. The molecule has 0 radical (unpaired) electrons. The molecule has 18 heavy (non-hydrogen) atoms. The topological polar surface area (TPSA) is 80.7 Å². The molecular weight excluding hydrogens is 270 g/mol. The quantitative estimate of drug-likeness (QED) is 0.547. The lowest BCUT2D eigenvalue weighted by Gasteiger charge is -2.17. The van der Waals surface area contributed by atoms with Crippen LogP contribution < -0.4 is 0 Å². The normalized spacial score (nSPS) is 14.3. The first-order valence-corrected chi connectivity index (χ1v) is 7.12. The largest absolute Gasteiger partial charge is 0.465 e. The molecule has 108 valence electrons. The molecule has 0 aromatic carbocycles. The second-order valence-corrected chi connectivity index (χ2v) is 5.47. The van der Waals surface area contributed by atoms with Crippen LogP contribution in [0, 0.1) is 5.92 Å². The maximum Gasteiger partial charge on any atom is 0.465 e. The second kappa shape index (κ2) is 6.98. The Labute approximate surface area is 105 Å². The van der Waals surface area contributed by atoms with Gasteiger partial charge in [0.1, 0.15) is 0 Å². The Hall–Kier alpha value is -0.760. The molecule has 1 atom stereocenters. The van der Waals surface area contributed by atoms with Gasteiger partial charge < -0.3 is 4.74 Å². The molecule has 0 heterocycles. The summed E-state index contributed by atoms with van der Waals surface area (Å²) in [5.74, 6) is -2.33. The fraction of sp³-hybridized carbons (Fsp3) is 0.900. The van der Waals surface area contributed by atoms with Gasteiger partial charge in [-0.1, -0.05) is 33.1 Å². The Morgan fingerprint density at radius 3 is 2.33 bits per heavy atom. The first-order valence-electron chi connectivity index (χ1n) is 5.68. The average molecular weight is 288 g/mol. The smallest absolute Gasteiger partial charge is 0.460 e. The van der Waals surface area contributed by atoms with Crippen LogP contribution in [0.2, 0.25) is 0 Å². The van der Waals surface area contributed by atoms with Crippen molar-refractivity contribution in [1.29, 1.82) is 0 Å². The third-order valence-electron chi connectivity index (χ3n) is 2.56. The first kappa shape index (κ1) is 17.2. The van der Waals surface area contributed by atoms with Crippen LogP contribution in [0.5, 0.6) is 0 Å². The Kier molecular flexibility index (Phi) is 6.69. The van der Waals surface area contributed by atoms with Crippen LogP contribution in [0.3, 0.4) is 0 Å². The van der Waals surface area contributed by atoms with E-state index in [9.17, 15) is 22.0 Å². The van der Waals surface area contributed by atoms with Crippen molar-refractivity contribution in [2.24, 2.45) is 5.92 Å². The molecule has 0 aliphatic rings. The van der Waals surface area contributed by atoms with Crippen LogP contribution in [0.1, 0.15) is 39.5 Å². The fourth-order valence-corrected chi connectivity index (χ4v) is 1.55. The molecule has 0 aromatic rings. The van der Waals surface area contributed by atoms with E-state index in [1.807, 2.05) is 13.8 Å². The lowest BCUT2D eigenvalue weighted by atomic mass is 10.0. The molecule has 5 nitrogen and oxygen atoms in total. The summed E-state index contributed by atoms with van der Waals surface area (Å²) in [4.78, 5) is 10.9. The number of rotatable bonds is 8. The van der Waals surface area contributed by atoms with Crippen molar-refractivity contribution < 1.29 is 31.3 Å². The van der Waals surface area contributed by atoms with Crippen LogP contribution in [0.15, 0.2) is 0 Å². The predicted molar refractivity (Wildman–Crippen MR) is 60.8 cm³/mol. The van der Waals surface area contributed by atoms with Gasteiger partial charge in [-0.2, -0.15) is 17.2 Å². The van der Waals surface area contributed by atoms with Crippen LogP contribution in [0.4, 0.5) is 8.78 Å². The molecule has 0 fully saturated rings. The minimum atomic E-state index is -5.78. The summed E-state index contributed by atoms with van der Waals surface area (Å²) in [5, 5.41) is -4.91. The monoisotopic (exact) mass is 288 g/mol. The van der Waals surface area contributed by atoms with Crippen molar-refractivity contribution in [2.75, 3.05) is 6.61 Å². The lowest BCUT2D eigenvalue weighted by Crippen LogP contribution is -2.39. The van der Waals surface area contributed by atoms with Crippen molar-refractivity contribution in [3.8, 4) is 0 Å². The van der Waals surface area contributed by atoms with Crippen LogP contribution >= 0.6 is 0 Å². The molecule has 0 aliphatic heterocycles. The van der Waals surface area contributed by atoms with E-state index in [0.717, 1.165) is 12.8 Å². The van der Waals surface area contributed by atoms with E-state index >= 15 is 0 Å². The van der Waals surface area contributed by atoms with E-state index in [1.165, 1.54) is 0 Å². The van der Waals surface area contributed by atoms with Crippen molar-refractivity contribution in [1.82, 2.24) is 0 Å². The maximum atomic E-state index is 12.8. The third kappa shape index (κ3) is 4.85. The highest BCUT2D eigenvalue weighted by atomic mass is 32.2. The minimum Gasteiger partial charge on any atom is -0.460 e. The molecule has 0 aliphatic carbocycles. The highest BCUT2D eigenvalue weighted by molar-refractivity contribution is 7.87. The van der Waals surface area contributed by atoms with Gasteiger partial charge in [0.05, 0.1) is 6.61 Å². The Balaban J connectivity index is 4.41. The summed E-state index contributed by atoms with van der Waals surface area (Å²) in [5.41, 5.74) is 0. The van der Waals surface area contributed by atoms with Gasteiger partial charge >= 0.3 is 21.3 Å². The van der Waals surface area contributed by atoms with Gasteiger partial charge in [0.15, 0.2) is 0 Å². The lowest BCUT2D eigenvalue weighted by molar-refractivity contribution is -0.163. The number of ether oxygens (including phenoxy) is 1. The number of alkyl halides is 2. The fourth-order valence-electron chi connectivity index (χ4n) is 1.28. The SMILES string of the molecule is CCCCC(CC)COC(=O)C(F)(F)S(=O)(=O)O. The van der Waals surface area contributed by atoms with Crippen LogP contribution in [-0.4, -0.2) is 30.8 Å². The number of carbonyl (C=O) groups excluding carboxylic acids is 1. The number of halogens is 2. The van der Waals surface area contributed by atoms with E-state index < -0.39 is 21.3 Å². The molecule has 1 unspecified atom stereocenters. The van der Waals surface area contributed by atoms with E-state index in [4.69, 9.17) is 4.55 Å². The molecule has 0 spiro atoms. The van der Waals surface area contributed by atoms with Crippen molar-refractivity contribution in [3.63, 3.8) is 0 Å². The number of hydrogen-bond donors (Lipinski definition) is 1. The van der Waals surface area contributed by atoms with E-state index in [1.54, 1.807) is 0 Å². The molecule has 0 amide bonds. The van der Waals surface area contributed by atoms with E-state index in [-0.39, 0.29) is 12.5 Å². The van der Waals surface area contributed by atoms with Crippen molar-refractivity contribution >= 4 is 16.1 Å². The van der Waals surface area contributed by atoms with Gasteiger partial charge in [0.2, 0.25) is 0 Å². The number of unbranched alkanes of at least 4 members (excludes halogenated alkanes) is 1. The van der Waals surface area contributed by atoms with Gasteiger partial charge in [-0.25, -0.2) is 4.79 Å². The molecule has 0 rings (SSSR count). The second-order valence-electron chi connectivity index (χ2n) is 4.01. The average Bonchev–Trinajstić information content (AvgIpc) is 2.27. The van der Waals surface area contributed by atoms with Gasteiger partial charge in [-0.05, 0) is 12.3 Å². The zero-order chi connectivity index (χ0) is 14.4. The van der Waals surface area contributed by atoms with Gasteiger partial charge in [-0.15, -0.1) is 0 Å².